The number of pyridine rings is 1. The molecule has 0 aliphatic rings. The first-order valence-corrected chi connectivity index (χ1v) is 8.57. The second kappa shape index (κ2) is 6.10. The number of thiazole rings is 1. The smallest absolute Gasteiger partial charge is 0.275 e. The number of imidazole rings is 1. The van der Waals surface area contributed by atoms with Crippen LogP contribution in [0.5, 0.6) is 0 Å². The van der Waals surface area contributed by atoms with Crippen LogP contribution in [0.1, 0.15) is 20.4 Å². The van der Waals surface area contributed by atoms with Gasteiger partial charge in [0.2, 0.25) is 0 Å². The lowest BCUT2D eigenvalue weighted by Crippen LogP contribution is -2.13. The number of aromatic nitrogens is 4. The number of carbonyl (C=O) groups is 1. The molecule has 1 amide bonds. The van der Waals surface area contributed by atoms with E-state index in [4.69, 9.17) is 0 Å². The quantitative estimate of drug-likeness (QED) is 0.586. The molecule has 4 rings (SSSR count). The minimum atomic E-state index is -0.201. The predicted octanol–water partition coefficient (Wildman–Crippen LogP) is 3.95. The number of anilines is 1. The number of fused-ring (bicyclic) bond motifs is 1. The van der Waals surface area contributed by atoms with Crippen LogP contribution in [0.15, 0.2) is 42.7 Å². The molecule has 124 valence electrons. The second-order valence-corrected chi connectivity index (χ2v) is 7.06. The predicted molar refractivity (Wildman–Crippen MR) is 98.9 cm³/mol. The Morgan fingerprint density at radius 3 is 2.80 bits per heavy atom. The van der Waals surface area contributed by atoms with Gasteiger partial charge in [0.05, 0.1) is 16.0 Å². The van der Waals surface area contributed by atoms with Crippen LogP contribution < -0.4 is 5.32 Å². The molecule has 0 unspecified atom stereocenters. The van der Waals surface area contributed by atoms with Crippen molar-refractivity contribution in [1.82, 2.24) is 19.9 Å². The maximum Gasteiger partial charge on any atom is 0.275 e. The SMILES string of the molecule is Cc1nc(C(=O)Nc2ccc3nc(-c4cccnc4)[nH]c3c2)c(C)s1. The number of hydrogen-bond acceptors (Lipinski definition) is 5. The molecule has 0 atom stereocenters. The number of H-pyrrole nitrogens is 1. The van der Waals surface area contributed by atoms with Gasteiger partial charge in [-0.3, -0.25) is 9.78 Å². The third-order valence-corrected chi connectivity index (χ3v) is 4.68. The average Bonchev–Trinajstić information content (AvgIpc) is 3.18. The van der Waals surface area contributed by atoms with Crippen LogP contribution in [0.25, 0.3) is 22.4 Å². The fraction of sp³-hybridized carbons (Fsp3) is 0.111. The summed E-state index contributed by atoms with van der Waals surface area (Å²) in [4.78, 5) is 29.5. The van der Waals surface area contributed by atoms with Gasteiger partial charge in [-0.15, -0.1) is 11.3 Å². The largest absolute Gasteiger partial charge is 0.338 e. The van der Waals surface area contributed by atoms with E-state index < -0.39 is 0 Å². The average molecular weight is 349 g/mol. The van der Waals surface area contributed by atoms with Crippen LogP contribution in [-0.4, -0.2) is 25.8 Å². The topological polar surface area (TPSA) is 83.6 Å². The van der Waals surface area contributed by atoms with Gasteiger partial charge in [0, 0.05) is 28.5 Å². The van der Waals surface area contributed by atoms with E-state index >= 15 is 0 Å². The zero-order valence-corrected chi connectivity index (χ0v) is 14.5. The van der Waals surface area contributed by atoms with E-state index in [0.29, 0.717) is 11.4 Å². The maximum atomic E-state index is 12.4. The van der Waals surface area contributed by atoms with Crippen LogP contribution in [0, 0.1) is 13.8 Å². The molecule has 0 bridgehead atoms. The van der Waals surface area contributed by atoms with Crippen molar-refractivity contribution in [3.63, 3.8) is 0 Å². The molecular weight excluding hydrogens is 334 g/mol. The van der Waals surface area contributed by atoms with Gasteiger partial charge >= 0.3 is 0 Å². The van der Waals surface area contributed by atoms with Crippen LogP contribution in [0.2, 0.25) is 0 Å². The number of amides is 1. The molecule has 0 radical (unpaired) electrons. The number of nitrogens with zero attached hydrogens (tertiary/aromatic N) is 3. The first kappa shape index (κ1) is 15.5. The van der Waals surface area contributed by atoms with Gasteiger partial charge in [-0.2, -0.15) is 0 Å². The number of nitrogens with one attached hydrogen (secondary N) is 2. The van der Waals surface area contributed by atoms with Gasteiger partial charge in [0.1, 0.15) is 11.5 Å². The van der Waals surface area contributed by atoms with E-state index in [1.54, 1.807) is 12.4 Å². The molecule has 0 saturated heterocycles. The summed E-state index contributed by atoms with van der Waals surface area (Å²) in [6, 6.07) is 9.39. The zero-order valence-electron chi connectivity index (χ0n) is 13.7. The Bertz CT molecular complexity index is 1070. The van der Waals surface area contributed by atoms with E-state index in [0.717, 1.165) is 32.3 Å². The molecule has 0 aliphatic heterocycles. The highest BCUT2D eigenvalue weighted by atomic mass is 32.1. The summed E-state index contributed by atoms with van der Waals surface area (Å²) >= 11 is 1.52. The summed E-state index contributed by atoms with van der Waals surface area (Å²) in [5, 5.41) is 3.78. The molecule has 6 nitrogen and oxygen atoms in total. The third kappa shape index (κ3) is 3.01. The van der Waals surface area contributed by atoms with E-state index in [9.17, 15) is 4.79 Å². The molecule has 25 heavy (non-hydrogen) atoms. The Labute approximate surface area is 148 Å². The fourth-order valence-corrected chi connectivity index (χ4v) is 3.47. The standard InChI is InChI=1S/C18H15N5OS/c1-10-16(20-11(2)25-10)18(24)21-13-5-6-14-15(8-13)23-17(22-14)12-4-3-7-19-9-12/h3-9H,1-2H3,(H,21,24)(H,22,23). The summed E-state index contributed by atoms with van der Waals surface area (Å²) in [7, 11) is 0. The summed E-state index contributed by atoms with van der Waals surface area (Å²) < 4.78 is 0. The molecule has 1 aromatic carbocycles. The van der Waals surface area contributed by atoms with Crippen molar-refractivity contribution in [2.45, 2.75) is 13.8 Å². The minimum absolute atomic E-state index is 0.201. The molecule has 4 aromatic rings. The lowest BCUT2D eigenvalue weighted by Gasteiger charge is -2.03. The van der Waals surface area contributed by atoms with Crippen molar-refractivity contribution < 1.29 is 4.79 Å². The van der Waals surface area contributed by atoms with E-state index in [1.807, 2.05) is 44.2 Å². The molecule has 0 spiro atoms. The monoisotopic (exact) mass is 349 g/mol. The van der Waals surface area contributed by atoms with Crippen LogP contribution >= 0.6 is 11.3 Å². The Hall–Kier alpha value is -3.06. The van der Waals surface area contributed by atoms with Gasteiger partial charge in [0.25, 0.3) is 5.91 Å². The van der Waals surface area contributed by atoms with Crippen molar-refractivity contribution in [2.75, 3.05) is 5.32 Å². The number of aromatic amines is 1. The third-order valence-electron chi connectivity index (χ3n) is 3.79. The molecule has 0 fully saturated rings. The number of hydrogen-bond donors (Lipinski definition) is 2. The first-order chi connectivity index (χ1) is 12.1. The molecule has 0 saturated carbocycles. The Balaban J connectivity index is 1.63. The van der Waals surface area contributed by atoms with E-state index in [2.05, 4.69) is 25.3 Å². The van der Waals surface area contributed by atoms with Gasteiger partial charge in [-0.05, 0) is 44.2 Å². The van der Waals surface area contributed by atoms with Crippen LogP contribution in [-0.2, 0) is 0 Å². The van der Waals surface area contributed by atoms with Gasteiger partial charge in [0.15, 0.2) is 0 Å². The lowest BCUT2D eigenvalue weighted by atomic mass is 10.2. The molecule has 7 heteroatoms. The maximum absolute atomic E-state index is 12.4. The van der Waals surface area contributed by atoms with Crippen molar-refractivity contribution >= 4 is 34.0 Å². The van der Waals surface area contributed by atoms with Gasteiger partial charge in [-0.25, -0.2) is 9.97 Å². The normalized spacial score (nSPS) is 11.0. The van der Waals surface area contributed by atoms with Crippen LogP contribution in [0.4, 0.5) is 5.69 Å². The summed E-state index contributed by atoms with van der Waals surface area (Å²) in [6.07, 6.45) is 3.48. The van der Waals surface area contributed by atoms with Gasteiger partial charge in [-0.1, -0.05) is 0 Å². The molecule has 0 aliphatic carbocycles. The minimum Gasteiger partial charge on any atom is -0.338 e. The first-order valence-electron chi connectivity index (χ1n) is 7.76. The van der Waals surface area contributed by atoms with E-state index in [1.165, 1.54) is 11.3 Å². The van der Waals surface area contributed by atoms with Gasteiger partial charge < -0.3 is 10.3 Å². The highest BCUT2D eigenvalue weighted by molar-refractivity contribution is 7.11. The summed E-state index contributed by atoms with van der Waals surface area (Å²) in [5.74, 6) is 0.547. The van der Waals surface area contributed by atoms with Crippen molar-refractivity contribution in [3.05, 3.63) is 58.3 Å². The zero-order chi connectivity index (χ0) is 17.4. The number of benzene rings is 1. The molecular formula is C18H15N5OS. The summed E-state index contributed by atoms with van der Waals surface area (Å²) in [6.45, 7) is 3.79. The molecule has 2 N–H and O–H groups in total. The summed E-state index contributed by atoms with van der Waals surface area (Å²) in [5.41, 5.74) is 3.77. The second-order valence-electron chi connectivity index (χ2n) is 5.65. The van der Waals surface area contributed by atoms with E-state index in [-0.39, 0.29) is 5.91 Å². The van der Waals surface area contributed by atoms with Crippen molar-refractivity contribution in [2.24, 2.45) is 0 Å². The van der Waals surface area contributed by atoms with Crippen molar-refractivity contribution in [3.8, 4) is 11.4 Å². The fourth-order valence-electron chi connectivity index (χ4n) is 2.66. The number of carbonyl (C=O) groups excluding carboxylic acids is 1. The Morgan fingerprint density at radius 1 is 1.20 bits per heavy atom. The Kier molecular flexibility index (Phi) is 3.77. The highest BCUT2D eigenvalue weighted by Crippen LogP contribution is 2.23. The number of aryl methyl sites for hydroxylation is 2. The van der Waals surface area contributed by atoms with Crippen LogP contribution in [0.3, 0.4) is 0 Å². The molecule has 3 aromatic heterocycles. The van der Waals surface area contributed by atoms with Crippen molar-refractivity contribution in [1.29, 1.82) is 0 Å². The number of rotatable bonds is 3. The highest BCUT2D eigenvalue weighted by Gasteiger charge is 2.14. The lowest BCUT2D eigenvalue weighted by molar-refractivity contribution is 0.102. The Morgan fingerprint density at radius 2 is 2.08 bits per heavy atom. The molecule has 3 heterocycles.